The first-order chi connectivity index (χ1) is 10.8. The number of esters is 1. The van der Waals surface area contributed by atoms with Gasteiger partial charge in [-0.15, -0.1) is 0 Å². The Morgan fingerprint density at radius 2 is 2.26 bits per heavy atom. The molecule has 1 aliphatic rings. The van der Waals surface area contributed by atoms with Crippen LogP contribution in [0.4, 0.5) is 5.82 Å². The van der Waals surface area contributed by atoms with Crippen molar-refractivity contribution in [2.75, 3.05) is 11.1 Å². The minimum Gasteiger partial charge on any atom is -0.457 e. The lowest BCUT2D eigenvalue weighted by Gasteiger charge is -2.17. The molecular formula is C16H21N3O3S. The number of hydrogen-bond donors (Lipinski definition) is 3. The molecular weight excluding hydrogens is 314 g/mol. The largest absolute Gasteiger partial charge is 0.457 e. The van der Waals surface area contributed by atoms with Crippen LogP contribution in [0.15, 0.2) is 18.3 Å². The molecule has 7 heteroatoms. The normalized spacial score (nSPS) is 18.3. The van der Waals surface area contributed by atoms with Crippen molar-refractivity contribution in [3.8, 4) is 0 Å². The Hall–Kier alpha value is -1.86. The van der Waals surface area contributed by atoms with Gasteiger partial charge in [0.15, 0.2) is 0 Å². The summed E-state index contributed by atoms with van der Waals surface area (Å²) in [5.74, 6) is 0.379. The van der Waals surface area contributed by atoms with Crippen molar-refractivity contribution in [1.82, 2.24) is 10.3 Å². The zero-order chi connectivity index (χ0) is 17.0. The van der Waals surface area contributed by atoms with Crippen molar-refractivity contribution in [1.29, 1.82) is 0 Å². The van der Waals surface area contributed by atoms with E-state index < -0.39 is 11.6 Å². The number of carbonyl (C=O) groups is 2. The summed E-state index contributed by atoms with van der Waals surface area (Å²) in [6.45, 7) is 5.94. The van der Waals surface area contributed by atoms with Gasteiger partial charge in [-0.05, 0) is 38.5 Å². The molecule has 0 aliphatic carbocycles. The number of pyridine rings is 1. The second-order valence-electron chi connectivity index (χ2n) is 6.25. The molecule has 1 atom stereocenters. The summed E-state index contributed by atoms with van der Waals surface area (Å²) < 4.78 is 5.21. The fourth-order valence-electron chi connectivity index (χ4n) is 2.04. The van der Waals surface area contributed by atoms with E-state index in [9.17, 15) is 9.59 Å². The molecule has 0 fully saturated rings. The van der Waals surface area contributed by atoms with Gasteiger partial charge in [0.05, 0.1) is 6.04 Å². The topological polar surface area (TPSA) is 80.3 Å². The summed E-state index contributed by atoms with van der Waals surface area (Å²) in [4.78, 5) is 27.8. The van der Waals surface area contributed by atoms with Gasteiger partial charge in [0, 0.05) is 30.1 Å². The summed E-state index contributed by atoms with van der Waals surface area (Å²) in [5.41, 5.74) is 1.09. The smallest absolute Gasteiger partial charge is 0.331 e. The van der Waals surface area contributed by atoms with E-state index in [0.29, 0.717) is 18.1 Å². The van der Waals surface area contributed by atoms with Crippen molar-refractivity contribution in [2.24, 2.45) is 0 Å². The van der Waals surface area contributed by atoms with Crippen LogP contribution in [0.3, 0.4) is 0 Å². The van der Waals surface area contributed by atoms with E-state index in [0.717, 1.165) is 11.1 Å². The molecule has 2 rings (SSSR count). The maximum Gasteiger partial charge on any atom is 0.331 e. The van der Waals surface area contributed by atoms with E-state index in [1.54, 1.807) is 12.3 Å². The molecule has 0 saturated carbocycles. The van der Waals surface area contributed by atoms with Gasteiger partial charge in [-0.3, -0.25) is 4.79 Å². The summed E-state index contributed by atoms with van der Waals surface area (Å²) in [5, 5.41) is 5.89. The molecule has 6 nitrogen and oxygen atoms in total. The summed E-state index contributed by atoms with van der Waals surface area (Å²) >= 11 is 4.15. The molecule has 1 aliphatic heterocycles. The number of carbonyl (C=O) groups excluding carboxylic acids is 2. The fourth-order valence-corrected chi connectivity index (χ4v) is 2.34. The molecule has 0 spiro atoms. The minimum absolute atomic E-state index is 0.150. The Morgan fingerprint density at radius 1 is 1.52 bits per heavy atom. The van der Waals surface area contributed by atoms with Crippen molar-refractivity contribution in [2.45, 2.75) is 39.0 Å². The van der Waals surface area contributed by atoms with Crippen LogP contribution in [0.1, 0.15) is 31.9 Å². The number of aromatic nitrogens is 1. The molecule has 1 unspecified atom stereocenters. The number of hydrogen-bond acceptors (Lipinski definition) is 6. The van der Waals surface area contributed by atoms with E-state index in [-0.39, 0.29) is 11.9 Å². The highest BCUT2D eigenvalue weighted by molar-refractivity contribution is 7.80. The molecule has 124 valence electrons. The first kappa shape index (κ1) is 17.5. The number of anilines is 1. The second kappa shape index (κ2) is 7.14. The van der Waals surface area contributed by atoms with E-state index in [1.807, 2.05) is 26.8 Å². The predicted molar refractivity (Wildman–Crippen MR) is 92.2 cm³/mol. The lowest BCUT2D eigenvalue weighted by molar-refractivity contribution is -0.148. The predicted octanol–water partition coefficient (Wildman–Crippen LogP) is 1.78. The Bertz CT molecular complexity index is 638. The van der Waals surface area contributed by atoms with Gasteiger partial charge < -0.3 is 15.4 Å². The van der Waals surface area contributed by atoms with E-state index in [2.05, 4.69) is 28.2 Å². The third-order valence-electron chi connectivity index (χ3n) is 3.09. The van der Waals surface area contributed by atoms with E-state index in [1.165, 1.54) is 6.08 Å². The third-order valence-corrected chi connectivity index (χ3v) is 3.45. The molecule has 1 aromatic rings. The van der Waals surface area contributed by atoms with Gasteiger partial charge in [0.1, 0.15) is 11.4 Å². The number of amides is 1. The van der Waals surface area contributed by atoms with Gasteiger partial charge in [0.2, 0.25) is 5.91 Å². The monoisotopic (exact) mass is 335 g/mol. The van der Waals surface area contributed by atoms with Crippen LogP contribution in [-0.4, -0.2) is 34.3 Å². The fraction of sp³-hybridized carbons (Fsp3) is 0.438. The van der Waals surface area contributed by atoms with Crippen LogP contribution in [0.5, 0.6) is 0 Å². The molecule has 1 aromatic heterocycles. The zero-order valence-electron chi connectivity index (χ0n) is 13.4. The van der Waals surface area contributed by atoms with Crippen molar-refractivity contribution in [3.63, 3.8) is 0 Å². The first-order valence-corrected chi connectivity index (χ1v) is 7.97. The molecule has 23 heavy (non-hydrogen) atoms. The highest BCUT2D eigenvalue weighted by atomic mass is 32.1. The SMILES string of the molecule is CC(C)(C)OC(=O)/C=C/c1cnc2c(c1)CNC(CS)C(=O)N2. The standard InChI is InChI=1S/C16H21N3O3S/c1-16(2,3)22-13(20)5-4-10-6-11-8-17-12(9-23)15(21)19-14(11)18-7-10/h4-7,12,17,23H,8-9H2,1-3H3,(H,18,19,21)/b5-4+. The maximum absolute atomic E-state index is 11.9. The van der Waals surface area contributed by atoms with Crippen LogP contribution < -0.4 is 10.6 Å². The van der Waals surface area contributed by atoms with Crippen LogP contribution in [0.2, 0.25) is 0 Å². The number of rotatable bonds is 3. The first-order valence-electron chi connectivity index (χ1n) is 7.33. The van der Waals surface area contributed by atoms with Crippen molar-refractivity contribution < 1.29 is 14.3 Å². The summed E-state index contributed by atoms with van der Waals surface area (Å²) in [7, 11) is 0. The molecule has 0 radical (unpaired) electrons. The van der Waals surface area contributed by atoms with Gasteiger partial charge in [-0.1, -0.05) is 0 Å². The van der Waals surface area contributed by atoms with Crippen LogP contribution >= 0.6 is 12.6 Å². The van der Waals surface area contributed by atoms with Crippen LogP contribution in [-0.2, 0) is 20.9 Å². The van der Waals surface area contributed by atoms with E-state index in [4.69, 9.17) is 4.74 Å². The number of nitrogens with zero attached hydrogens (tertiary/aromatic N) is 1. The lowest BCUT2D eigenvalue weighted by Crippen LogP contribution is -2.39. The van der Waals surface area contributed by atoms with Crippen molar-refractivity contribution in [3.05, 3.63) is 29.5 Å². The summed E-state index contributed by atoms with van der Waals surface area (Å²) in [6.07, 6.45) is 4.61. The molecule has 2 heterocycles. The van der Waals surface area contributed by atoms with E-state index >= 15 is 0 Å². The minimum atomic E-state index is -0.524. The average molecular weight is 335 g/mol. The Balaban J connectivity index is 2.12. The highest BCUT2D eigenvalue weighted by Gasteiger charge is 2.22. The van der Waals surface area contributed by atoms with Gasteiger partial charge in [-0.2, -0.15) is 12.6 Å². The third kappa shape index (κ3) is 5.07. The van der Waals surface area contributed by atoms with Gasteiger partial charge >= 0.3 is 5.97 Å². The summed E-state index contributed by atoms with van der Waals surface area (Å²) in [6, 6.07) is 1.52. The molecule has 0 bridgehead atoms. The molecule has 1 amide bonds. The Kier molecular flexibility index (Phi) is 5.43. The van der Waals surface area contributed by atoms with Gasteiger partial charge in [0.25, 0.3) is 0 Å². The van der Waals surface area contributed by atoms with Crippen LogP contribution in [0.25, 0.3) is 6.08 Å². The molecule has 0 saturated heterocycles. The van der Waals surface area contributed by atoms with Crippen LogP contribution in [0, 0.1) is 0 Å². The zero-order valence-corrected chi connectivity index (χ0v) is 14.3. The number of thiol groups is 1. The quantitative estimate of drug-likeness (QED) is 0.446. The highest BCUT2D eigenvalue weighted by Crippen LogP contribution is 2.18. The number of fused-ring (bicyclic) bond motifs is 1. The number of ether oxygens (including phenoxy) is 1. The maximum atomic E-state index is 11.9. The lowest BCUT2D eigenvalue weighted by atomic mass is 10.1. The average Bonchev–Trinajstić information content (AvgIpc) is 2.61. The Labute approximate surface area is 141 Å². The van der Waals surface area contributed by atoms with Gasteiger partial charge in [-0.25, -0.2) is 9.78 Å². The number of nitrogens with one attached hydrogen (secondary N) is 2. The Morgan fingerprint density at radius 3 is 2.91 bits per heavy atom. The second-order valence-corrected chi connectivity index (χ2v) is 6.61. The van der Waals surface area contributed by atoms with Crippen molar-refractivity contribution >= 4 is 36.4 Å². The molecule has 2 N–H and O–H groups in total. The molecule has 0 aromatic carbocycles.